The van der Waals surface area contributed by atoms with E-state index in [1.165, 1.54) is 19.8 Å². The van der Waals surface area contributed by atoms with Crippen LogP contribution in [0.1, 0.15) is 34.6 Å². The number of nitrogens with zero attached hydrogens (tertiary/aromatic N) is 1. The molecule has 3 nitrogen and oxygen atoms in total. The van der Waals surface area contributed by atoms with Gasteiger partial charge in [0.25, 0.3) is 0 Å². The molecule has 0 bridgehead atoms. The van der Waals surface area contributed by atoms with Gasteiger partial charge in [-0.25, -0.2) is 0 Å². The second kappa shape index (κ2) is 11.2. The van der Waals surface area contributed by atoms with Gasteiger partial charge in [0.2, 0.25) is 0 Å². The molecule has 0 atom stereocenters. The van der Waals surface area contributed by atoms with E-state index in [0.29, 0.717) is 0 Å². The van der Waals surface area contributed by atoms with Crippen molar-refractivity contribution in [1.29, 1.82) is 0 Å². The molecule has 0 aromatic heterocycles. The summed E-state index contributed by atoms with van der Waals surface area (Å²) in [5.74, 6) is 0.542. The molecule has 0 aliphatic rings. The first-order valence-corrected chi connectivity index (χ1v) is 3.36. The van der Waals surface area contributed by atoms with Gasteiger partial charge in [0.1, 0.15) is 0 Å². The molecule has 0 heterocycles. The van der Waals surface area contributed by atoms with Gasteiger partial charge < -0.3 is 20.8 Å². The predicted molar refractivity (Wildman–Crippen MR) is 45.0 cm³/mol. The van der Waals surface area contributed by atoms with Crippen molar-refractivity contribution in [3.05, 3.63) is 11.2 Å². The maximum Gasteiger partial charge on any atom is 0.0533 e. The molecule has 0 fully saturated rings. The summed E-state index contributed by atoms with van der Waals surface area (Å²) >= 11 is 0. The first-order chi connectivity index (χ1) is 4.86. The summed E-state index contributed by atoms with van der Waals surface area (Å²) in [5.41, 5.74) is 0. The first kappa shape index (κ1) is 18.1. The molecule has 4 heteroatoms. The summed E-state index contributed by atoms with van der Waals surface area (Å²) in [6, 6.07) is 0. The Kier molecular flexibility index (Phi) is 17.0. The number of rotatable bonds is 0. The van der Waals surface area contributed by atoms with Crippen LogP contribution in [-0.4, -0.2) is 11.8 Å². The molecule has 12 heavy (non-hydrogen) atoms. The van der Waals surface area contributed by atoms with Crippen LogP contribution in [0.15, 0.2) is 0 Å². The van der Waals surface area contributed by atoms with E-state index < -0.39 is 11.8 Å². The van der Waals surface area contributed by atoms with Gasteiger partial charge in [-0.1, -0.05) is 0 Å². The smallest absolute Gasteiger partial charge is 0.0533 e. The molecule has 2 amide bonds. The van der Waals surface area contributed by atoms with Gasteiger partial charge in [0.15, 0.2) is 0 Å². The molecule has 0 rings (SSSR count). The second-order valence-electron chi connectivity index (χ2n) is 2.65. The third-order valence-corrected chi connectivity index (χ3v) is 0.315. The molecule has 0 aliphatic carbocycles. The fourth-order valence-corrected chi connectivity index (χ4v) is 0.222. The van der Waals surface area contributed by atoms with Crippen LogP contribution in [0.5, 0.6) is 0 Å². The normalized spacial score (nSPS) is 7.50. The van der Waals surface area contributed by atoms with E-state index in [1.807, 2.05) is 0 Å². The van der Waals surface area contributed by atoms with Gasteiger partial charge in [0.05, 0.1) is 11.8 Å². The van der Waals surface area contributed by atoms with Gasteiger partial charge in [-0.15, -0.1) is 0 Å². The van der Waals surface area contributed by atoms with Crippen LogP contribution in [0.4, 0.5) is 0 Å². The van der Waals surface area contributed by atoms with Crippen molar-refractivity contribution in [2.75, 3.05) is 0 Å². The van der Waals surface area contributed by atoms with E-state index in [9.17, 15) is 9.59 Å². The van der Waals surface area contributed by atoms with Crippen molar-refractivity contribution in [3.63, 3.8) is 0 Å². The number of hydrogen-bond acceptors (Lipinski definition) is 2. The monoisotopic (exact) mass is 246 g/mol. The minimum Gasteiger partial charge on any atom is -0.596 e. The molecule has 0 N–H and O–H groups in total. The zero-order valence-electron chi connectivity index (χ0n) is 8.34. The average molecular weight is 246 g/mol. The van der Waals surface area contributed by atoms with Gasteiger partial charge in [-0.3, -0.25) is 0 Å². The maximum absolute atomic E-state index is 9.87. The van der Waals surface area contributed by atoms with E-state index in [-0.39, 0.29) is 32.7 Å². The minimum atomic E-state index is -0.437. The Morgan fingerprint density at radius 1 is 1.00 bits per heavy atom. The number of carbonyl (C=O) groups is 2. The molecule has 0 spiro atoms. The molecular formula is C8H15NO2Y-2. The van der Waals surface area contributed by atoms with Crippen LogP contribution < -0.4 is 0 Å². The van der Waals surface area contributed by atoms with Crippen LogP contribution in [0, 0.1) is 5.92 Å². The SMILES string of the molecule is CC(=O)[N-]C(C)=O.C[C-](C)C.[Y]. The third-order valence-electron chi connectivity index (χ3n) is 0.315. The van der Waals surface area contributed by atoms with Crippen molar-refractivity contribution in [1.82, 2.24) is 0 Å². The van der Waals surface area contributed by atoms with Gasteiger partial charge in [-0.2, -0.15) is 20.8 Å². The number of imide groups is 1. The van der Waals surface area contributed by atoms with Crippen molar-refractivity contribution in [2.24, 2.45) is 0 Å². The molecule has 0 saturated heterocycles. The summed E-state index contributed by atoms with van der Waals surface area (Å²) < 4.78 is 0. The Morgan fingerprint density at radius 3 is 1.17 bits per heavy atom. The Bertz CT molecular complexity index is 120. The fraction of sp³-hybridized carbons (Fsp3) is 0.625. The largest absolute Gasteiger partial charge is 0.596 e. The van der Waals surface area contributed by atoms with Crippen molar-refractivity contribution < 1.29 is 42.3 Å². The van der Waals surface area contributed by atoms with Crippen molar-refractivity contribution in [3.8, 4) is 0 Å². The fourth-order valence-electron chi connectivity index (χ4n) is 0.222. The van der Waals surface area contributed by atoms with Crippen LogP contribution >= 0.6 is 0 Å². The average Bonchev–Trinajstić information content (AvgIpc) is 1.56. The minimum absolute atomic E-state index is 0. The summed E-state index contributed by atoms with van der Waals surface area (Å²) in [7, 11) is 0. The van der Waals surface area contributed by atoms with E-state index in [0.717, 1.165) is 0 Å². The second-order valence-corrected chi connectivity index (χ2v) is 2.65. The Labute approximate surface area is 99.6 Å². The zero-order valence-corrected chi connectivity index (χ0v) is 11.2. The molecule has 0 unspecified atom stereocenters. The number of amides is 2. The topological polar surface area (TPSA) is 48.2 Å². The summed E-state index contributed by atoms with van der Waals surface area (Å²) in [5, 5.41) is 3.00. The van der Waals surface area contributed by atoms with Crippen LogP contribution in [0.25, 0.3) is 5.32 Å². The number of hydrogen-bond donors (Lipinski definition) is 0. The molecule has 0 aromatic carbocycles. The Morgan fingerprint density at radius 2 is 1.17 bits per heavy atom. The van der Waals surface area contributed by atoms with Gasteiger partial charge in [0, 0.05) is 32.7 Å². The van der Waals surface area contributed by atoms with E-state index in [4.69, 9.17) is 0 Å². The standard InChI is InChI=1S/C4H7NO2.C4H9.Y/c1-3(6)5-4(2)7;1-4(2)3;/h1-2H3,(H,5,6,7);1-3H3;/q;-1;/p-1. The van der Waals surface area contributed by atoms with Gasteiger partial charge in [-0.05, 0) is 13.8 Å². The Balaban J connectivity index is -0.000000142. The molecule has 0 saturated carbocycles. The van der Waals surface area contributed by atoms with E-state index in [1.54, 1.807) is 0 Å². The molecule has 0 aliphatic heterocycles. The predicted octanol–water partition coefficient (Wildman–Crippen LogP) is 2.07. The van der Waals surface area contributed by atoms with Crippen molar-refractivity contribution >= 4 is 11.8 Å². The summed E-state index contributed by atoms with van der Waals surface area (Å²) in [4.78, 5) is 19.7. The Hall–Kier alpha value is 0.244. The van der Waals surface area contributed by atoms with Crippen molar-refractivity contribution in [2.45, 2.75) is 34.6 Å². The number of carbonyl (C=O) groups excluding carboxylic acids is 2. The van der Waals surface area contributed by atoms with Crippen LogP contribution in [-0.2, 0) is 42.3 Å². The third kappa shape index (κ3) is 48.6. The summed E-state index contributed by atoms with van der Waals surface area (Å²) in [6.45, 7) is 8.73. The molecule has 1 radical (unpaired) electrons. The van der Waals surface area contributed by atoms with E-state index >= 15 is 0 Å². The van der Waals surface area contributed by atoms with E-state index in [2.05, 4.69) is 26.1 Å². The quantitative estimate of drug-likeness (QED) is 0.614. The molecule has 69 valence electrons. The maximum atomic E-state index is 9.87. The van der Waals surface area contributed by atoms with Crippen LogP contribution in [0.3, 0.4) is 0 Å². The molecule has 0 aromatic rings. The molecular weight excluding hydrogens is 231 g/mol. The van der Waals surface area contributed by atoms with Gasteiger partial charge >= 0.3 is 0 Å². The first-order valence-electron chi connectivity index (χ1n) is 3.36. The summed E-state index contributed by atoms with van der Waals surface area (Å²) in [6.07, 6.45) is 0. The van der Waals surface area contributed by atoms with Crippen LogP contribution in [0.2, 0.25) is 0 Å². The zero-order chi connectivity index (χ0) is 9.44.